The summed E-state index contributed by atoms with van der Waals surface area (Å²) in [4.78, 5) is 2.11. The zero-order valence-electron chi connectivity index (χ0n) is 10.1. The SMILES string of the molecule is CCC(C)CN(CC)c1nnccc1C#N. The second-order valence-corrected chi connectivity index (χ2v) is 3.93. The van der Waals surface area contributed by atoms with E-state index in [0.717, 1.165) is 19.5 Å². The number of anilines is 1. The number of aromatic nitrogens is 2. The summed E-state index contributed by atoms with van der Waals surface area (Å²) in [5, 5.41) is 16.9. The van der Waals surface area contributed by atoms with Crippen LogP contribution in [-0.4, -0.2) is 23.3 Å². The maximum Gasteiger partial charge on any atom is 0.169 e. The van der Waals surface area contributed by atoms with E-state index in [9.17, 15) is 0 Å². The van der Waals surface area contributed by atoms with E-state index in [2.05, 4.69) is 41.9 Å². The molecule has 1 heterocycles. The van der Waals surface area contributed by atoms with Crippen LogP contribution < -0.4 is 4.90 Å². The Morgan fingerprint density at radius 1 is 1.50 bits per heavy atom. The van der Waals surface area contributed by atoms with Crippen LogP contribution in [0.25, 0.3) is 0 Å². The fourth-order valence-electron chi connectivity index (χ4n) is 1.52. The van der Waals surface area contributed by atoms with Crippen LogP contribution in [0.5, 0.6) is 0 Å². The largest absolute Gasteiger partial charge is 0.354 e. The second kappa shape index (κ2) is 6.06. The molecule has 0 aliphatic rings. The first-order chi connectivity index (χ1) is 7.72. The van der Waals surface area contributed by atoms with E-state index in [0.29, 0.717) is 17.3 Å². The molecule has 4 nitrogen and oxygen atoms in total. The molecule has 86 valence electrons. The van der Waals surface area contributed by atoms with E-state index in [1.807, 2.05) is 0 Å². The fourth-order valence-corrected chi connectivity index (χ4v) is 1.52. The summed E-state index contributed by atoms with van der Waals surface area (Å²) in [6, 6.07) is 3.87. The monoisotopic (exact) mass is 218 g/mol. The quantitative estimate of drug-likeness (QED) is 0.760. The van der Waals surface area contributed by atoms with Crippen molar-refractivity contribution in [3.8, 4) is 6.07 Å². The van der Waals surface area contributed by atoms with Gasteiger partial charge in [0.05, 0.1) is 11.8 Å². The van der Waals surface area contributed by atoms with E-state index in [4.69, 9.17) is 5.26 Å². The van der Waals surface area contributed by atoms with Gasteiger partial charge in [0.15, 0.2) is 5.82 Å². The van der Waals surface area contributed by atoms with Crippen molar-refractivity contribution in [2.24, 2.45) is 5.92 Å². The highest BCUT2D eigenvalue weighted by Crippen LogP contribution is 2.17. The smallest absolute Gasteiger partial charge is 0.169 e. The number of hydrogen-bond acceptors (Lipinski definition) is 4. The van der Waals surface area contributed by atoms with Gasteiger partial charge in [-0.15, -0.1) is 5.10 Å². The van der Waals surface area contributed by atoms with Crippen molar-refractivity contribution in [2.75, 3.05) is 18.0 Å². The molecule has 0 amide bonds. The number of rotatable bonds is 5. The third-order valence-corrected chi connectivity index (χ3v) is 2.73. The van der Waals surface area contributed by atoms with Crippen LogP contribution in [0.4, 0.5) is 5.82 Å². The first-order valence-corrected chi connectivity index (χ1v) is 5.69. The van der Waals surface area contributed by atoms with Gasteiger partial charge in [0, 0.05) is 13.1 Å². The highest BCUT2D eigenvalue weighted by Gasteiger charge is 2.13. The van der Waals surface area contributed by atoms with Gasteiger partial charge in [0.2, 0.25) is 0 Å². The lowest BCUT2D eigenvalue weighted by Gasteiger charge is -2.25. The van der Waals surface area contributed by atoms with Crippen molar-refractivity contribution in [1.82, 2.24) is 10.2 Å². The van der Waals surface area contributed by atoms with Crippen LogP contribution in [0.3, 0.4) is 0 Å². The number of nitrogens with zero attached hydrogens (tertiary/aromatic N) is 4. The molecule has 0 aliphatic heterocycles. The lowest BCUT2D eigenvalue weighted by molar-refractivity contribution is 0.544. The minimum Gasteiger partial charge on any atom is -0.354 e. The molecule has 0 radical (unpaired) electrons. The third kappa shape index (κ3) is 2.93. The predicted molar refractivity (Wildman–Crippen MR) is 64.1 cm³/mol. The molecule has 0 saturated carbocycles. The molecule has 0 saturated heterocycles. The summed E-state index contributed by atoms with van der Waals surface area (Å²) in [6.45, 7) is 8.20. The summed E-state index contributed by atoms with van der Waals surface area (Å²) < 4.78 is 0. The van der Waals surface area contributed by atoms with Crippen molar-refractivity contribution < 1.29 is 0 Å². The van der Waals surface area contributed by atoms with Gasteiger partial charge in [0.25, 0.3) is 0 Å². The van der Waals surface area contributed by atoms with E-state index < -0.39 is 0 Å². The molecule has 1 rings (SSSR count). The summed E-state index contributed by atoms with van der Waals surface area (Å²) in [5.41, 5.74) is 0.597. The lowest BCUT2D eigenvalue weighted by Crippen LogP contribution is -2.29. The minimum atomic E-state index is 0.591. The van der Waals surface area contributed by atoms with E-state index in [-0.39, 0.29) is 0 Å². The molecule has 0 N–H and O–H groups in total. The molecule has 1 aromatic rings. The first kappa shape index (κ1) is 12.4. The summed E-state index contributed by atoms with van der Waals surface area (Å²) in [6.07, 6.45) is 2.68. The van der Waals surface area contributed by atoms with E-state index >= 15 is 0 Å². The lowest BCUT2D eigenvalue weighted by atomic mass is 10.1. The zero-order chi connectivity index (χ0) is 12.0. The molecule has 1 aromatic heterocycles. The average molecular weight is 218 g/mol. The molecule has 0 bridgehead atoms. The van der Waals surface area contributed by atoms with Gasteiger partial charge >= 0.3 is 0 Å². The normalized spacial score (nSPS) is 11.9. The molecule has 0 aliphatic carbocycles. The van der Waals surface area contributed by atoms with Crippen LogP contribution in [0.2, 0.25) is 0 Å². The van der Waals surface area contributed by atoms with Crippen molar-refractivity contribution in [3.05, 3.63) is 17.8 Å². The van der Waals surface area contributed by atoms with Crippen LogP contribution in [-0.2, 0) is 0 Å². The fraction of sp³-hybridized carbons (Fsp3) is 0.583. The molecule has 0 fully saturated rings. The molecule has 0 spiro atoms. The summed E-state index contributed by atoms with van der Waals surface area (Å²) in [7, 11) is 0. The maximum absolute atomic E-state index is 9.01. The van der Waals surface area contributed by atoms with Gasteiger partial charge in [-0.2, -0.15) is 10.4 Å². The summed E-state index contributed by atoms with van der Waals surface area (Å²) >= 11 is 0. The predicted octanol–water partition coefficient (Wildman–Crippen LogP) is 2.22. The van der Waals surface area contributed by atoms with Crippen LogP contribution >= 0.6 is 0 Å². The Bertz CT molecular complexity index is 370. The molecule has 1 unspecified atom stereocenters. The Kier molecular flexibility index (Phi) is 4.71. The van der Waals surface area contributed by atoms with Gasteiger partial charge in [0.1, 0.15) is 6.07 Å². The molecular formula is C12H18N4. The average Bonchev–Trinajstić information content (AvgIpc) is 2.35. The van der Waals surface area contributed by atoms with Crippen molar-refractivity contribution in [1.29, 1.82) is 5.26 Å². The Hall–Kier alpha value is -1.63. The van der Waals surface area contributed by atoms with Crippen LogP contribution in [0.15, 0.2) is 12.3 Å². The van der Waals surface area contributed by atoms with E-state index in [1.165, 1.54) is 0 Å². The highest BCUT2D eigenvalue weighted by molar-refractivity contribution is 5.52. The van der Waals surface area contributed by atoms with Gasteiger partial charge in [-0.05, 0) is 18.9 Å². The minimum absolute atomic E-state index is 0.591. The van der Waals surface area contributed by atoms with Gasteiger partial charge in [-0.1, -0.05) is 20.3 Å². The molecule has 1 atom stereocenters. The third-order valence-electron chi connectivity index (χ3n) is 2.73. The van der Waals surface area contributed by atoms with Crippen molar-refractivity contribution in [2.45, 2.75) is 27.2 Å². The van der Waals surface area contributed by atoms with Crippen molar-refractivity contribution in [3.63, 3.8) is 0 Å². The standard InChI is InChI=1S/C12H18N4/c1-4-10(3)9-16(5-2)12-11(8-13)6-7-14-15-12/h6-7,10H,4-5,9H2,1-3H3. The highest BCUT2D eigenvalue weighted by atomic mass is 15.3. The molecule has 4 heteroatoms. The van der Waals surface area contributed by atoms with Crippen molar-refractivity contribution >= 4 is 5.82 Å². The van der Waals surface area contributed by atoms with Gasteiger partial charge in [-0.25, -0.2) is 0 Å². The zero-order valence-corrected chi connectivity index (χ0v) is 10.1. The Morgan fingerprint density at radius 3 is 2.81 bits per heavy atom. The molecule has 0 aromatic carbocycles. The number of nitriles is 1. The number of hydrogen-bond donors (Lipinski definition) is 0. The Labute approximate surface area is 96.9 Å². The van der Waals surface area contributed by atoms with E-state index in [1.54, 1.807) is 12.3 Å². The Balaban J connectivity index is 2.91. The first-order valence-electron chi connectivity index (χ1n) is 5.69. The van der Waals surface area contributed by atoms with Gasteiger partial charge in [-0.3, -0.25) is 0 Å². The molecular weight excluding hydrogens is 200 g/mol. The second-order valence-electron chi connectivity index (χ2n) is 3.93. The van der Waals surface area contributed by atoms with Crippen LogP contribution in [0, 0.1) is 17.2 Å². The topological polar surface area (TPSA) is 52.8 Å². The summed E-state index contributed by atoms with van der Waals surface area (Å²) in [5.74, 6) is 1.29. The van der Waals surface area contributed by atoms with Crippen LogP contribution in [0.1, 0.15) is 32.8 Å². The maximum atomic E-state index is 9.01. The van der Waals surface area contributed by atoms with Gasteiger partial charge < -0.3 is 4.90 Å². The molecule has 16 heavy (non-hydrogen) atoms. The Morgan fingerprint density at radius 2 is 2.25 bits per heavy atom.